The molecule has 0 radical (unpaired) electrons. The number of carbonyl (C=O) groups is 1. The first kappa shape index (κ1) is 20.0. The van der Waals surface area contributed by atoms with Gasteiger partial charge in [0.25, 0.3) is 0 Å². The fraction of sp³-hybridized carbons (Fsp3) is 0.316. The SMILES string of the molecule is CCOc1ccc(PC(=O)c2c(C)cc(C)c(C)c2C)cc1.[Li+]. The van der Waals surface area contributed by atoms with Crippen molar-refractivity contribution in [3.8, 4) is 5.75 Å². The molecule has 4 heteroatoms. The van der Waals surface area contributed by atoms with Crippen molar-refractivity contribution in [1.82, 2.24) is 0 Å². The van der Waals surface area contributed by atoms with Gasteiger partial charge in [-0.1, -0.05) is 18.2 Å². The van der Waals surface area contributed by atoms with E-state index < -0.39 is 0 Å². The summed E-state index contributed by atoms with van der Waals surface area (Å²) in [7, 11) is 0.146. The van der Waals surface area contributed by atoms with E-state index in [2.05, 4.69) is 19.9 Å². The molecule has 2 aromatic rings. The summed E-state index contributed by atoms with van der Waals surface area (Å²) >= 11 is 0. The van der Waals surface area contributed by atoms with Gasteiger partial charge < -0.3 is 4.74 Å². The van der Waals surface area contributed by atoms with Crippen LogP contribution in [-0.2, 0) is 0 Å². The number of benzene rings is 2. The second-order valence-electron chi connectivity index (χ2n) is 5.55. The summed E-state index contributed by atoms with van der Waals surface area (Å²) in [5.41, 5.74) is 5.74. The number of aryl methyl sites for hydroxylation is 2. The van der Waals surface area contributed by atoms with Gasteiger partial charge in [0, 0.05) is 5.56 Å². The van der Waals surface area contributed by atoms with Gasteiger partial charge in [0.2, 0.25) is 0 Å². The molecule has 0 bridgehead atoms. The van der Waals surface area contributed by atoms with Gasteiger partial charge in [-0.05, 0) is 82.9 Å². The smallest absolute Gasteiger partial charge is 0.494 e. The number of rotatable bonds is 5. The van der Waals surface area contributed by atoms with E-state index in [1.165, 1.54) is 11.1 Å². The summed E-state index contributed by atoms with van der Waals surface area (Å²) in [6.45, 7) is 10.9. The third-order valence-electron chi connectivity index (χ3n) is 4.01. The Bertz CT molecular complexity index is 694. The molecule has 0 aliphatic heterocycles. The molecule has 0 saturated carbocycles. The number of hydrogen-bond acceptors (Lipinski definition) is 2. The Balaban J connectivity index is 0.00000264. The molecule has 2 nitrogen and oxygen atoms in total. The summed E-state index contributed by atoms with van der Waals surface area (Å²) in [4.78, 5) is 12.7. The fourth-order valence-electron chi connectivity index (χ4n) is 2.63. The van der Waals surface area contributed by atoms with Crippen LogP contribution in [0.4, 0.5) is 0 Å². The van der Waals surface area contributed by atoms with Crippen molar-refractivity contribution in [3.63, 3.8) is 0 Å². The predicted molar refractivity (Wildman–Crippen MR) is 95.3 cm³/mol. The molecule has 0 aromatic heterocycles. The third kappa shape index (κ3) is 4.71. The topological polar surface area (TPSA) is 26.3 Å². The van der Waals surface area contributed by atoms with E-state index in [0.717, 1.165) is 27.7 Å². The summed E-state index contributed by atoms with van der Waals surface area (Å²) in [6.07, 6.45) is 0. The van der Waals surface area contributed by atoms with Gasteiger partial charge in [-0.3, -0.25) is 4.79 Å². The maximum Gasteiger partial charge on any atom is 1.00 e. The molecule has 2 rings (SSSR count). The van der Waals surface area contributed by atoms with Crippen LogP contribution < -0.4 is 28.9 Å². The Morgan fingerprint density at radius 2 is 1.61 bits per heavy atom. The molecule has 2 aromatic carbocycles. The molecule has 0 N–H and O–H groups in total. The van der Waals surface area contributed by atoms with Crippen molar-refractivity contribution in [2.75, 3.05) is 6.61 Å². The molecule has 0 fully saturated rings. The van der Waals surface area contributed by atoms with Gasteiger partial charge in [0.05, 0.1) is 6.61 Å². The van der Waals surface area contributed by atoms with Gasteiger partial charge in [-0.15, -0.1) is 0 Å². The Labute approximate surface area is 153 Å². The molecule has 116 valence electrons. The number of ether oxygens (including phenoxy) is 1. The zero-order chi connectivity index (χ0) is 16.3. The first-order chi connectivity index (χ1) is 10.4. The minimum Gasteiger partial charge on any atom is -0.494 e. The minimum atomic E-state index is 0. The Hall–Kier alpha value is -1.06. The van der Waals surface area contributed by atoms with Crippen LogP contribution in [0.1, 0.15) is 39.5 Å². The molecule has 0 saturated heterocycles. The van der Waals surface area contributed by atoms with E-state index in [1.54, 1.807) is 0 Å². The van der Waals surface area contributed by atoms with Crippen LogP contribution in [0.2, 0.25) is 0 Å². The van der Waals surface area contributed by atoms with Crippen molar-refractivity contribution in [1.29, 1.82) is 0 Å². The Morgan fingerprint density at radius 3 is 2.17 bits per heavy atom. The first-order valence-electron chi connectivity index (χ1n) is 7.55. The van der Waals surface area contributed by atoms with Gasteiger partial charge in [0.1, 0.15) is 5.75 Å². The third-order valence-corrected chi connectivity index (χ3v) is 5.11. The van der Waals surface area contributed by atoms with E-state index in [4.69, 9.17) is 4.74 Å². The first-order valence-corrected chi connectivity index (χ1v) is 8.55. The largest absolute Gasteiger partial charge is 1.00 e. The summed E-state index contributed by atoms with van der Waals surface area (Å²) < 4.78 is 5.44. The van der Waals surface area contributed by atoms with Gasteiger partial charge in [0.15, 0.2) is 5.52 Å². The maximum absolute atomic E-state index is 12.7. The monoisotopic (exact) mass is 321 g/mol. The van der Waals surface area contributed by atoms with E-state index >= 15 is 0 Å². The minimum absolute atomic E-state index is 0. The van der Waals surface area contributed by atoms with E-state index in [9.17, 15) is 4.79 Å². The summed E-state index contributed by atoms with van der Waals surface area (Å²) in [6, 6.07) is 9.93. The summed E-state index contributed by atoms with van der Waals surface area (Å²) in [5, 5.41) is 1.05. The van der Waals surface area contributed by atoms with Crippen LogP contribution in [0.5, 0.6) is 5.75 Å². The van der Waals surface area contributed by atoms with Crippen LogP contribution in [0, 0.1) is 27.7 Å². The average Bonchev–Trinajstić information content (AvgIpc) is 2.47. The van der Waals surface area contributed by atoms with Gasteiger partial charge in [-0.2, -0.15) is 0 Å². The normalized spacial score (nSPS) is 10.7. The number of carbonyl (C=O) groups excluding carboxylic acids is 1. The zero-order valence-electron chi connectivity index (χ0n) is 14.9. The maximum atomic E-state index is 12.7. The van der Waals surface area contributed by atoms with Crippen molar-refractivity contribution in [2.45, 2.75) is 34.6 Å². The van der Waals surface area contributed by atoms with E-state index in [-0.39, 0.29) is 33.0 Å². The molecule has 0 spiro atoms. The molecule has 23 heavy (non-hydrogen) atoms. The fourth-order valence-corrected chi connectivity index (χ4v) is 3.73. The van der Waals surface area contributed by atoms with Crippen LogP contribution in [0.15, 0.2) is 30.3 Å². The van der Waals surface area contributed by atoms with E-state index in [0.29, 0.717) is 6.61 Å². The summed E-state index contributed by atoms with van der Waals surface area (Å²) in [5.74, 6) is 0.849. The zero-order valence-corrected chi connectivity index (χ0v) is 15.9. The number of hydrogen-bond donors (Lipinski definition) is 0. The van der Waals surface area contributed by atoms with Crippen molar-refractivity contribution in [3.05, 3.63) is 58.1 Å². The van der Waals surface area contributed by atoms with Crippen LogP contribution in [0.25, 0.3) is 0 Å². The predicted octanol–water partition coefficient (Wildman–Crippen LogP) is 1.47. The molecule has 1 unspecified atom stereocenters. The molecular formula is C19H23LiO2P+. The van der Waals surface area contributed by atoms with Crippen molar-refractivity contribution < 1.29 is 28.4 Å². The van der Waals surface area contributed by atoms with Gasteiger partial charge in [-0.25, -0.2) is 0 Å². The van der Waals surface area contributed by atoms with Gasteiger partial charge >= 0.3 is 18.9 Å². The van der Waals surface area contributed by atoms with E-state index in [1.807, 2.05) is 45.0 Å². The molecule has 0 aliphatic carbocycles. The quantitative estimate of drug-likeness (QED) is 0.616. The van der Waals surface area contributed by atoms with Crippen molar-refractivity contribution >= 4 is 19.4 Å². The van der Waals surface area contributed by atoms with Crippen LogP contribution in [0.3, 0.4) is 0 Å². The molecule has 1 atom stereocenters. The molecular weight excluding hydrogens is 298 g/mol. The van der Waals surface area contributed by atoms with Crippen LogP contribution in [-0.4, -0.2) is 12.1 Å². The second kappa shape index (κ2) is 8.70. The standard InChI is InChI=1S/C19H23O2P.Li/c1-6-21-16-7-9-17(10-8-16)22-19(20)18-13(3)11-12(2)14(4)15(18)5;/h7-11,22H,6H2,1-5H3;/q;+1. The second-order valence-corrected chi connectivity index (χ2v) is 6.83. The molecule has 0 heterocycles. The molecule has 0 aliphatic rings. The van der Waals surface area contributed by atoms with Crippen LogP contribution >= 0.6 is 8.58 Å². The van der Waals surface area contributed by atoms with Crippen molar-refractivity contribution in [2.24, 2.45) is 0 Å². The molecule has 0 amide bonds. The Morgan fingerprint density at radius 1 is 1.00 bits per heavy atom. The Kier molecular flexibility index (Phi) is 7.55. The average molecular weight is 321 g/mol.